The molecule has 0 spiro atoms. The van der Waals surface area contributed by atoms with Gasteiger partial charge in [0.25, 0.3) is 0 Å². The summed E-state index contributed by atoms with van der Waals surface area (Å²) in [5.74, 6) is -0.512. The van der Waals surface area contributed by atoms with Crippen LogP contribution in [0, 0.1) is 0 Å². The number of carbonyl (C=O) groups excluding carboxylic acids is 1. The minimum atomic E-state index is -4.49. The lowest BCUT2D eigenvalue weighted by atomic mass is 10.0. The highest BCUT2D eigenvalue weighted by molar-refractivity contribution is 5.93. The van der Waals surface area contributed by atoms with Crippen molar-refractivity contribution in [2.45, 2.75) is 18.8 Å². The van der Waals surface area contributed by atoms with Gasteiger partial charge in [-0.15, -0.1) is 0 Å². The van der Waals surface area contributed by atoms with Crippen LogP contribution in [0.15, 0.2) is 18.2 Å². The largest absolute Gasteiger partial charge is 0.457 e. The van der Waals surface area contributed by atoms with Gasteiger partial charge in [0.1, 0.15) is 12.6 Å². The second kappa shape index (κ2) is 3.48. The molecule has 2 N–H and O–H groups in total. The maximum Gasteiger partial charge on any atom is 0.407 e. The molecule has 0 aliphatic carbocycles. The van der Waals surface area contributed by atoms with E-state index in [9.17, 15) is 18.0 Å². The molecule has 0 aromatic heterocycles. The third-order valence-corrected chi connectivity index (χ3v) is 2.42. The monoisotopic (exact) mass is 231 g/mol. The van der Waals surface area contributed by atoms with Crippen molar-refractivity contribution in [3.8, 4) is 0 Å². The van der Waals surface area contributed by atoms with Gasteiger partial charge in [0.2, 0.25) is 0 Å². The number of alkyl halides is 3. The number of nitrogens with two attached hydrogens (primary N) is 1. The zero-order valence-corrected chi connectivity index (χ0v) is 8.04. The van der Waals surface area contributed by atoms with Crippen LogP contribution < -0.4 is 5.73 Å². The van der Waals surface area contributed by atoms with Crippen molar-refractivity contribution in [3.05, 3.63) is 34.9 Å². The minimum Gasteiger partial charge on any atom is -0.457 e. The van der Waals surface area contributed by atoms with Crippen LogP contribution >= 0.6 is 0 Å². The van der Waals surface area contributed by atoms with Crippen LogP contribution in [-0.4, -0.2) is 12.1 Å². The molecule has 1 aliphatic rings. The van der Waals surface area contributed by atoms with Crippen molar-refractivity contribution >= 4 is 5.97 Å². The normalized spacial score (nSPS) is 16.9. The minimum absolute atomic E-state index is 0.00653. The number of hydrogen-bond acceptors (Lipinski definition) is 3. The second-order valence-electron chi connectivity index (χ2n) is 3.51. The summed E-state index contributed by atoms with van der Waals surface area (Å²) in [7, 11) is 0. The van der Waals surface area contributed by atoms with Crippen molar-refractivity contribution in [2.75, 3.05) is 0 Å². The van der Waals surface area contributed by atoms with E-state index in [1.54, 1.807) is 0 Å². The Kier molecular flexibility index (Phi) is 2.38. The molecule has 2 rings (SSSR count). The molecule has 1 aliphatic heterocycles. The maximum absolute atomic E-state index is 12.3. The molecule has 1 aromatic rings. The molecule has 0 bridgehead atoms. The molecular formula is C10H8F3NO2. The van der Waals surface area contributed by atoms with E-state index in [4.69, 9.17) is 5.73 Å². The molecule has 6 heteroatoms. The van der Waals surface area contributed by atoms with Gasteiger partial charge in [0.05, 0.1) is 5.56 Å². The fourth-order valence-electron chi connectivity index (χ4n) is 1.54. The summed E-state index contributed by atoms with van der Waals surface area (Å²) in [5, 5.41) is 0. The summed E-state index contributed by atoms with van der Waals surface area (Å²) >= 11 is 0. The highest BCUT2D eigenvalue weighted by atomic mass is 19.4. The van der Waals surface area contributed by atoms with Crippen LogP contribution in [-0.2, 0) is 11.3 Å². The van der Waals surface area contributed by atoms with E-state index >= 15 is 0 Å². The summed E-state index contributed by atoms with van der Waals surface area (Å²) in [6.45, 7) is 0.00653. The molecule has 0 unspecified atom stereocenters. The average molecular weight is 231 g/mol. The van der Waals surface area contributed by atoms with Gasteiger partial charge in [-0.1, -0.05) is 6.07 Å². The molecule has 0 saturated carbocycles. The number of carbonyl (C=O) groups is 1. The van der Waals surface area contributed by atoms with Gasteiger partial charge in [-0.25, -0.2) is 4.79 Å². The summed E-state index contributed by atoms with van der Waals surface area (Å²) in [4.78, 5) is 11.1. The number of hydrogen-bond donors (Lipinski definition) is 1. The molecule has 1 heterocycles. The number of halogens is 3. The van der Waals surface area contributed by atoms with Crippen LogP contribution in [0.25, 0.3) is 0 Å². The quantitative estimate of drug-likeness (QED) is 0.751. The average Bonchev–Trinajstić information content (AvgIpc) is 2.57. The Bertz CT molecular complexity index is 442. The highest BCUT2D eigenvalue weighted by Gasteiger charge is 2.38. The van der Waals surface area contributed by atoms with Gasteiger partial charge in [0.15, 0.2) is 0 Å². The zero-order chi connectivity index (χ0) is 11.9. The van der Waals surface area contributed by atoms with Crippen molar-refractivity contribution < 1.29 is 22.7 Å². The Balaban J connectivity index is 2.36. The summed E-state index contributed by atoms with van der Waals surface area (Å²) < 4.78 is 41.7. The summed E-state index contributed by atoms with van der Waals surface area (Å²) in [6, 6.07) is 1.74. The number of cyclic esters (lactones) is 1. The topological polar surface area (TPSA) is 52.3 Å². The van der Waals surface area contributed by atoms with Gasteiger partial charge >= 0.3 is 12.1 Å². The van der Waals surface area contributed by atoms with Crippen molar-refractivity contribution in [1.29, 1.82) is 0 Å². The van der Waals surface area contributed by atoms with Crippen molar-refractivity contribution in [2.24, 2.45) is 5.73 Å². The van der Waals surface area contributed by atoms with E-state index in [2.05, 4.69) is 4.74 Å². The van der Waals surface area contributed by atoms with E-state index < -0.39 is 18.2 Å². The van der Waals surface area contributed by atoms with E-state index in [0.717, 1.165) is 0 Å². The van der Waals surface area contributed by atoms with E-state index in [1.807, 2.05) is 0 Å². The molecule has 0 saturated heterocycles. The van der Waals surface area contributed by atoms with Gasteiger partial charge in [-0.2, -0.15) is 13.2 Å². The SMILES string of the molecule is N[C@H](c1ccc2c(c1)COC2=O)C(F)(F)F. The van der Waals surface area contributed by atoms with Crippen molar-refractivity contribution in [3.63, 3.8) is 0 Å². The first kappa shape index (κ1) is 10.9. The molecule has 1 aromatic carbocycles. The van der Waals surface area contributed by atoms with Crippen LogP contribution in [0.1, 0.15) is 27.5 Å². The molecule has 86 valence electrons. The molecule has 3 nitrogen and oxygen atoms in total. The molecule has 0 fully saturated rings. The van der Waals surface area contributed by atoms with Gasteiger partial charge in [-0.05, 0) is 17.7 Å². The molecular weight excluding hydrogens is 223 g/mol. The third-order valence-electron chi connectivity index (χ3n) is 2.42. The third kappa shape index (κ3) is 1.76. The lowest BCUT2D eigenvalue weighted by Crippen LogP contribution is -2.28. The standard InChI is InChI=1S/C10H8F3NO2/c11-10(12,13)8(14)5-1-2-7-6(3-5)4-16-9(7)15/h1-3,8H,4,14H2/t8-/m1/s1. The van der Waals surface area contributed by atoms with Gasteiger partial charge in [0, 0.05) is 5.56 Å². The highest BCUT2D eigenvalue weighted by Crippen LogP contribution is 2.32. The summed E-state index contributed by atoms with van der Waals surface area (Å²) in [6.07, 6.45) is -4.49. The van der Waals surface area contributed by atoms with Gasteiger partial charge in [-0.3, -0.25) is 0 Å². The van der Waals surface area contributed by atoms with Crippen LogP contribution in [0.5, 0.6) is 0 Å². The predicted molar refractivity (Wildman–Crippen MR) is 48.5 cm³/mol. The number of fused-ring (bicyclic) bond motifs is 1. The van der Waals surface area contributed by atoms with Crippen LogP contribution in [0.2, 0.25) is 0 Å². The van der Waals surface area contributed by atoms with E-state index in [0.29, 0.717) is 11.1 Å². The molecule has 0 amide bonds. The van der Waals surface area contributed by atoms with Crippen molar-refractivity contribution in [1.82, 2.24) is 0 Å². The Morgan fingerprint density at radius 3 is 2.69 bits per heavy atom. The first-order valence-corrected chi connectivity index (χ1v) is 4.52. The Morgan fingerprint density at radius 2 is 2.06 bits per heavy atom. The fraction of sp³-hybridized carbons (Fsp3) is 0.300. The lowest BCUT2D eigenvalue weighted by Gasteiger charge is -2.16. The Labute approximate surface area is 89.0 Å². The second-order valence-corrected chi connectivity index (χ2v) is 3.51. The van der Waals surface area contributed by atoms with E-state index in [-0.39, 0.29) is 12.2 Å². The predicted octanol–water partition coefficient (Wildman–Crippen LogP) is 1.92. The van der Waals surface area contributed by atoms with Gasteiger partial charge < -0.3 is 10.5 Å². The number of benzene rings is 1. The Hall–Kier alpha value is -1.56. The molecule has 16 heavy (non-hydrogen) atoms. The molecule has 1 atom stereocenters. The smallest absolute Gasteiger partial charge is 0.407 e. The van der Waals surface area contributed by atoms with Crippen LogP contribution in [0.3, 0.4) is 0 Å². The first-order valence-electron chi connectivity index (χ1n) is 4.52. The Morgan fingerprint density at radius 1 is 1.38 bits per heavy atom. The first-order chi connectivity index (χ1) is 7.39. The lowest BCUT2D eigenvalue weighted by molar-refractivity contribution is -0.149. The van der Waals surface area contributed by atoms with E-state index in [1.165, 1.54) is 18.2 Å². The zero-order valence-electron chi connectivity index (χ0n) is 8.04. The van der Waals surface area contributed by atoms with Crippen LogP contribution in [0.4, 0.5) is 13.2 Å². The number of rotatable bonds is 1. The number of esters is 1. The summed E-state index contributed by atoms with van der Waals surface area (Å²) in [5.41, 5.74) is 5.74. The number of ether oxygens (including phenoxy) is 1. The molecule has 0 radical (unpaired) electrons. The maximum atomic E-state index is 12.3. The fourth-order valence-corrected chi connectivity index (χ4v) is 1.54.